The van der Waals surface area contributed by atoms with E-state index >= 15 is 0 Å². The molecule has 4 aromatic rings. The van der Waals surface area contributed by atoms with E-state index in [1.807, 2.05) is 33.2 Å². The highest BCUT2D eigenvalue weighted by Crippen LogP contribution is 2.43. The third-order valence-corrected chi connectivity index (χ3v) is 8.36. The topological polar surface area (TPSA) is 82.0 Å². The molecule has 6 rings (SSSR count). The van der Waals surface area contributed by atoms with Crippen LogP contribution in [0, 0.1) is 6.92 Å². The number of carbonyl (C=O) groups excluding carboxylic acids is 1. The predicted molar refractivity (Wildman–Crippen MR) is 166 cm³/mol. The van der Waals surface area contributed by atoms with Crippen molar-refractivity contribution in [1.29, 1.82) is 0 Å². The molecule has 2 aliphatic rings. The van der Waals surface area contributed by atoms with E-state index in [1.54, 1.807) is 18.2 Å². The number of aromatic nitrogens is 3. The van der Waals surface area contributed by atoms with E-state index in [0.717, 1.165) is 70.2 Å². The first-order valence-electron chi connectivity index (χ1n) is 14.6. The summed E-state index contributed by atoms with van der Waals surface area (Å²) in [6.45, 7) is 10.9. The van der Waals surface area contributed by atoms with Crippen LogP contribution in [0.1, 0.15) is 51.8 Å². The molecule has 1 unspecified atom stereocenters. The lowest BCUT2D eigenvalue weighted by Gasteiger charge is -2.37. The van der Waals surface area contributed by atoms with E-state index in [4.69, 9.17) is 35.8 Å². The van der Waals surface area contributed by atoms with Crippen LogP contribution in [0.3, 0.4) is 0 Å². The van der Waals surface area contributed by atoms with Crippen LogP contribution < -0.4 is 9.64 Å². The van der Waals surface area contributed by atoms with Gasteiger partial charge < -0.3 is 28.6 Å². The minimum atomic E-state index is -0.530. The molecule has 2 aromatic heterocycles. The number of amides is 1. The molecule has 0 N–H and O–H groups in total. The summed E-state index contributed by atoms with van der Waals surface area (Å²) in [5.74, 6) is 0.668. The van der Waals surface area contributed by atoms with Crippen molar-refractivity contribution in [3.8, 4) is 16.9 Å². The van der Waals surface area contributed by atoms with Crippen molar-refractivity contribution in [3.05, 3.63) is 47.4 Å². The Hall–Kier alpha value is -3.56. The summed E-state index contributed by atoms with van der Waals surface area (Å²) in [4.78, 5) is 26.2. The van der Waals surface area contributed by atoms with Gasteiger partial charge in [-0.2, -0.15) is 0 Å². The molecule has 42 heavy (non-hydrogen) atoms. The quantitative estimate of drug-likeness (QED) is 0.253. The first kappa shape index (κ1) is 28.6. The number of aryl methyl sites for hydroxylation is 1. The van der Waals surface area contributed by atoms with Crippen molar-refractivity contribution < 1.29 is 19.0 Å². The first-order chi connectivity index (χ1) is 20.1. The Labute approximate surface area is 251 Å². The largest absolute Gasteiger partial charge is 0.493 e. The molecule has 2 aromatic carbocycles. The van der Waals surface area contributed by atoms with E-state index < -0.39 is 5.60 Å². The van der Waals surface area contributed by atoms with Crippen LogP contribution in [-0.2, 0) is 9.47 Å². The average molecular weight is 592 g/mol. The Morgan fingerprint density at radius 1 is 1.10 bits per heavy atom. The average Bonchev–Trinajstić information content (AvgIpc) is 3.40. The third kappa shape index (κ3) is 5.36. The van der Waals surface area contributed by atoms with Gasteiger partial charge in [0.05, 0.1) is 41.9 Å². The SMILES string of the molecule is COc1cnc2cc(-c3c(C)ccc4c3ncn4C3CCCCO3)c(Cl)cc2c1N1CCN(C(=O)OC(C)(C)C)CC1. The zero-order valence-corrected chi connectivity index (χ0v) is 25.7. The second kappa shape index (κ2) is 11.3. The predicted octanol–water partition coefficient (Wildman–Crippen LogP) is 6.98. The number of fused-ring (bicyclic) bond motifs is 2. The summed E-state index contributed by atoms with van der Waals surface area (Å²) in [7, 11) is 1.65. The molecule has 1 atom stereocenters. The van der Waals surface area contributed by atoms with Gasteiger partial charge in [0.2, 0.25) is 0 Å². The lowest BCUT2D eigenvalue weighted by Crippen LogP contribution is -2.50. The van der Waals surface area contributed by atoms with Crippen LogP contribution in [-0.4, -0.2) is 71.0 Å². The number of halogens is 1. The highest BCUT2D eigenvalue weighted by molar-refractivity contribution is 6.35. The first-order valence-corrected chi connectivity index (χ1v) is 15.0. The summed E-state index contributed by atoms with van der Waals surface area (Å²) in [5, 5.41) is 1.52. The summed E-state index contributed by atoms with van der Waals surface area (Å²) < 4.78 is 19.6. The zero-order valence-electron chi connectivity index (χ0n) is 24.9. The van der Waals surface area contributed by atoms with Crippen LogP contribution >= 0.6 is 11.6 Å². The van der Waals surface area contributed by atoms with Crippen molar-refractivity contribution in [2.75, 3.05) is 44.8 Å². The number of methoxy groups -OCH3 is 1. The van der Waals surface area contributed by atoms with Gasteiger partial charge in [0.15, 0.2) is 5.75 Å². The fourth-order valence-electron chi connectivity index (χ4n) is 6.00. The lowest BCUT2D eigenvalue weighted by molar-refractivity contribution is -0.0295. The minimum absolute atomic E-state index is 0.00106. The van der Waals surface area contributed by atoms with Gasteiger partial charge in [-0.25, -0.2) is 9.78 Å². The highest BCUT2D eigenvalue weighted by atomic mass is 35.5. The van der Waals surface area contributed by atoms with Crippen LogP contribution in [0.15, 0.2) is 36.8 Å². The van der Waals surface area contributed by atoms with Gasteiger partial charge in [0.1, 0.15) is 11.8 Å². The fraction of sp³-hybridized carbons (Fsp3) is 0.469. The number of hydrogen-bond donors (Lipinski definition) is 0. The summed E-state index contributed by atoms with van der Waals surface area (Å²) >= 11 is 7.08. The Morgan fingerprint density at radius 2 is 1.88 bits per heavy atom. The maximum atomic E-state index is 12.6. The maximum absolute atomic E-state index is 12.6. The van der Waals surface area contributed by atoms with E-state index in [-0.39, 0.29) is 12.3 Å². The molecule has 2 saturated heterocycles. The Morgan fingerprint density at radius 3 is 2.57 bits per heavy atom. The number of piperazine rings is 1. The van der Waals surface area contributed by atoms with Crippen LogP contribution in [0.25, 0.3) is 33.1 Å². The second-order valence-electron chi connectivity index (χ2n) is 12.1. The van der Waals surface area contributed by atoms with Gasteiger partial charge >= 0.3 is 6.09 Å². The molecule has 10 heteroatoms. The zero-order chi connectivity index (χ0) is 29.6. The standard InChI is InChI=1S/C32H38ClN5O4/c1-20-9-10-25-29(35-19-38(25)27-8-6-7-15-41-27)28(20)21-17-24-22(16-23(21)33)30(26(40-5)18-34-24)36-11-13-37(14-12-36)31(39)42-32(2,3)4/h9-10,16-19,27H,6-8,11-15H2,1-5H3. The van der Waals surface area contributed by atoms with Gasteiger partial charge in [-0.15, -0.1) is 0 Å². The fourth-order valence-corrected chi connectivity index (χ4v) is 6.26. The third-order valence-electron chi connectivity index (χ3n) is 8.05. The van der Waals surface area contributed by atoms with E-state index in [0.29, 0.717) is 37.0 Å². The number of benzene rings is 2. The Balaban J connectivity index is 1.37. The molecule has 0 aliphatic carbocycles. The summed E-state index contributed by atoms with van der Waals surface area (Å²) in [6.07, 6.45) is 6.58. The van der Waals surface area contributed by atoms with Crippen molar-refractivity contribution in [1.82, 2.24) is 19.4 Å². The number of anilines is 1. The molecule has 0 spiro atoms. The molecule has 9 nitrogen and oxygen atoms in total. The van der Waals surface area contributed by atoms with E-state index in [9.17, 15) is 4.79 Å². The van der Waals surface area contributed by atoms with Gasteiger partial charge in [0, 0.05) is 54.3 Å². The lowest BCUT2D eigenvalue weighted by atomic mass is 9.97. The molecule has 0 saturated carbocycles. The number of hydrogen-bond acceptors (Lipinski definition) is 7. The number of nitrogens with zero attached hydrogens (tertiary/aromatic N) is 5. The molecule has 0 radical (unpaired) electrons. The van der Waals surface area contributed by atoms with Gasteiger partial charge in [-0.3, -0.25) is 4.98 Å². The normalized spacial score (nSPS) is 18.1. The number of imidazole rings is 1. The Kier molecular flexibility index (Phi) is 7.66. The van der Waals surface area contributed by atoms with Crippen LogP contribution in [0.4, 0.5) is 10.5 Å². The number of ether oxygens (including phenoxy) is 3. The van der Waals surface area contributed by atoms with Crippen molar-refractivity contribution in [2.45, 2.75) is 58.8 Å². The number of pyridine rings is 1. The van der Waals surface area contributed by atoms with E-state index in [2.05, 4.69) is 34.6 Å². The van der Waals surface area contributed by atoms with Crippen LogP contribution in [0.5, 0.6) is 5.75 Å². The monoisotopic (exact) mass is 591 g/mol. The molecular formula is C32H38ClN5O4. The van der Waals surface area contributed by atoms with Crippen molar-refractivity contribution in [2.24, 2.45) is 0 Å². The van der Waals surface area contributed by atoms with Crippen molar-refractivity contribution in [3.63, 3.8) is 0 Å². The molecule has 222 valence electrons. The Bertz CT molecular complexity index is 1630. The van der Waals surface area contributed by atoms with Gasteiger partial charge in [-0.05, 0) is 70.7 Å². The maximum Gasteiger partial charge on any atom is 0.410 e. The molecule has 2 aliphatic heterocycles. The van der Waals surface area contributed by atoms with Crippen LogP contribution in [0.2, 0.25) is 5.02 Å². The second-order valence-corrected chi connectivity index (χ2v) is 12.5. The summed E-state index contributed by atoms with van der Waals surface area (Å²) in [5.41, 5.74) is 6.12. The molecule has 4 heterocycles. The molecule has 2 fully saturated rings. The summed E-state index contributed by atoms with van der Waals surface area (Å²) in [6, 6.07) is 8.27. The van der Waals surface area contributed by atoms with E-state index in [1.165, 1.54) is 0 Å². The molecule has 0 bridgehead atoms. The van der Waals surface area contributed by atoms with Gasteiger partial charge in [0.25, 0.3) is 0 Å². The smallest absolute Gasteiger partial charge is 0.410 e. The van der Waals surface area contributed by atoms with Gasteiger partial charge in [-0.1, -0.05) is 17.7 Å². The number of rotatable bonds is 4. The number of carbonyl (C=O) groups is 1. The highest BCUT2D eigenvalue weighted by Gasteiger charge is 2.29. The minimum Gasteiger partial charge on any atom is -0.493 e. The molecular weight excluding hydrogens is 554 g/mol. The molecule has 1 amide bonds. The van der Waals surface area contributed by atoms with Crippen molar-refractivity contribution >= 4 is 45.3 Å².